The second kappa shape index (κ2) is 8.37. The zero-order chi connectivity index (χ0) is 19.3. The minimum atomic E-state index is -1.95. The van der Waals surface area contributed by atoms with Crippen LogP contribution < -0.4 is 0 Å². The lowest BCUT2D eigenvalue weighted by Gasteiger charge is -2.23. The fourth-order valence-corrected chi connectivity index (χ4v) is 4.28. The van der Waals surface area contributed by atoms with Crippen molar-refractivity contribution in [3.8, 4) is 0 Å². The van der Waals surface area contributed by atoms with Crippen molar-refractivity contribution >= 4 is 17.4 Å². The van der Waals surface area contributed by atoms with Crippen molar-refractivity contribution in [2.75, 3.05) is 0 Å². The van der Waals surface area contributed by atoms with Gasteiger partial charge >= 0.3 is 6.09 Å². The van der Waals surface area contributed by atoms with Gasteiger partial charge in [-0.05, 0) is 16.7 Å². The van der Waals surface area contributed by atoms with Crippen LogP contribution in [0.15, 0.2) is 91.0 Å². The zero-order valence-electron chi connectivity index (χ0n) is 15.0. The van der Waals surface area contributed by atoms with Crippen molar-refractivity contribution in [2.24, 2.45) is 0 Å². The van der Waals surface area contributed by atoms with Gasteiger partial charge in [-0.25, -0.2) is 9.00 Å². The highest BCUT2D eigenvalue weighted by molar-refractivity contribution is 7.78. The third-order valence-electron chi connectivity index (χ3n) is 4.54. The highest BCUT2D eigenvalue weighted by Crippen LogP contribution is 2.44. The number of nitrogens with zero attached hydrogens (tertiary/aromatic N) is 1. The Morgan fingerprint density at radius 1 is 0.857 bits per heavy atom. The van der Waals surface area contributed by atoms with Crippen molar-refractivity contribution in [3.05, 3.63) is 108 Å². The van der Waals surface area contributed by atoms with E-state index in [4.69, 9.17) is 8.92 Å². The van der Waals surface area contributed by atoms with Gasteiger partial charge in [0.1, 0.15) is 18.8 Å². The van der Waals surface area contributed by atoms with Gasteiger partial charge in [0.2, 0.25) is 0 Å². The molecule has 1 fully saturated rings. The summed E-state index contributed by atoms with van der Waals surface area (Å²) in [5.74, 6) is 0. The number of ether oxygens (including phenoxy) is 1. The van der Waals surface area contributed by atoms with E-state index in [1.54, 1.807) is 0 Å². The van der Waals surface area contributed by atoms with Gasteiger partial charge in [0.15, 0.2) is 0 Å². The number of amides is 1. The van der Waals surface area contributed by atoms with Gasteiger partial charge in [-0.1, -0.05) is 91.0 Å². The largest absolute Gasteiger partial charge is 0.444 e. The topological polar surface area (TPSA) is 55.8 Å². The van der Waals surface area contributed by atoms with Gasteiger partial charge < -0.3 is 4.74 Å². The third-order valence-corrected chi connectivity index (χ3v) is 5.61. The summed E-state index contributed by atoms with van der Waals surface area (Å²) in [6.45, 7) is 0.102. The molecule has 1 saturated heterocycles. The molecule has 5 nitrogen and oxygen atoms in total. The molecule has 0 saturated carbocycles. The summed E-state index contributed by atoms with van der Waals surface area (Å²) in [5.41, 5.74) is 2.54. The molecule has 6 heteroatoms. The molecule has 0 radical (unpaired) electrons. The molecule has 4 rings (SSSR count). The standard InChI is InChI=1S/C22H19NO4S/c24-22(26-16-17-10-4-1-5-11-17)23-20(18-12-6-2-7-13-18)21(27-28(23)25)19-14-8-3-9-15-19/h1-15,20-21H,16H2/t20-,21+,28+/m0/s1. The molecule has 0 unspecified atom stereocenters. The van der Waals surface area contributed by atoms with Gasteiger partial charge in [-0.3, -0.25) is 4.18 Å². The molecule has 142 valence electrons. The smallest absolute Gasteiger partial charge is 0.424 e. The van der Waals surface area contributed by atoms with Crippen molar-refractivity contribution in [3.63, 3.8) is 0 Å². The van der Waals surface area contributed by atoms with Crippen LogP contribution in [0.5, 0.6) is 0 Å². The van der Waals surface area contributed by atoms with E-state index < -0.39 is 29.5 Å². The number of hydrogen-bond donors (Lipinski definition) is 0. The maximum atomic E-state index is 12.8. The molecule has 0 spiro atoms. The molecule has 3 aromatic carbocycles. The third kappa shape index (κ3) is 3.83. The summed E-state index contributed by atoms with van der Waals surface area (Å²) in [6.07, 6.45) is -1.22. The van der Waals surface area contributed by atoms with Crippen LogP contribution in [0, 0.1) is 0 Å². The SMILES string of the molecule is O=C(OCc1ccccc1)N1[C@@H](c2ccccc2)[C@@H](c2ccccc2)O[S@]1=O. The van der Waals surface area contributed by atoms with E-state index in [9.17, 15) is 9.00 Å². The summed E-state index contributed by atoms with van der Waals surface area (Å²) in [5, 5.41) is 0. The van der Waals surface area contributed by atoms with E-state index in [-0.39, 0.29) is 6.61 Å². The van der Waals surface area contributed by atoms with E-state index in [2.05, 4.69) is 0 Å². The molecule has 1 heterocycles. The molecule has 0 aromatic heterocycles. The molecule has 28 heavy (non-hydrogen) atoms. The lowest BCUT2D eigenvalue weighted by atomic mass is 9.96. The van der Waals surface area contributed by atoms with Crippen LogP contribution in [-0.4, -0.2) is 14.6 Å². The molecule has 1 aliphatic heterocycles. The average Bonchev–Trinajstić information content (AvgIpc) is 3.11. The Hall–Kier alpha value is -2.96. The van der Waals surface area contributed by atoms with Crippen LogP contribution in [0.4, 0.5) is 4.79 Å². The van der Waals surface area contributed by atoms with Crippen LogP contribution in [0.2, 0.25) is 0 Å². The summed E-state index contributed by atoms with van der Waals surface area (Å²) < 4.78 is 25.0. The van der Waals surface area contributed by atoms with Crippen LogP contribution in [-0.2, 0) is 26.8 Å². The van der Waals surface area contributed by atoms with E-state index in [1.807, 2.05) is 91.0 Å². The van der Waals surface area contributed by atoms with Crippen LogP contribution in [0.1, 0.15) is 28.8 Å². The van der Waals surface area contributed by atoms with Crippen molar-refractivity contribution in [2.45, 2.75) is 18.8 Å². The molecule has 1 amide bonds. The van der Waals surface area contributed by atoms with Crippen LogP contribution >= 0.6 is 0 Å². The highest BCUT2D eigenvalue weighted by Gasteiger charge is 2.46. The molecule has 0 N–H and O–H groups in total. The van der Waals surface area contributed by atoms with Crippen molar-refractivity contribution in [1.82, 2.24) is 4.31 Å². The molecule has 1 aliphatic rings. The van der Waals surface area contributed by atoms with Gasteiger partial charge in [0.25, 0.3) is 11.3 Å². The molecular formula is C22H19NO4S. The molecule has 0 bridgehead atoms. The Kier molecular flexibility index (Phi) is 5.50. The lowest BCUT2D eigenvalue weighted by Crippen LogP contribution is -2.32. The molecule has 3 aromatic rings. The van der Waals surface area contributed by atoms with Crippen molar-refractivity contribution < 1.29 is 17.9 Å². The quantitative estimate of drug-likeness (QED) is 0.644. The van der Waals surface area contributed by atoms with E-state index in [0.717, 1.165) is 16.7 Å². The van der Waals surface area contributed by atoms with Gasteiger partial charge in [-0.15, -0.1) is 0 Å². The predicted octanol–water partition coefficient (Wildman–Crippen LogP) is 4.72. The van der Waals surface area contributed by atoms with Gasteiger partial charge in [-0.2, -0.15) is 4.31 Å². The number of hydrogen-bond acceptors (Lipinski definition) is 4. The first-order chi connectivity index (χ1) is 13.7. The Morgan fingerprint density at radius 2 is 1.39 bits per heavy atom. The average molecular weight is 393 g/mol. The fourth-order valence-electron chi connectivity index (χ4n) is 3.20. The highest BCUT2D eigenvalue weighted by atomic mass is 32.2. The number of rotatable bonds is 4. The minimum Gasteiger partial charge on any atom is -0.444 e. The second-order valence-corrected chi connectivity index (χ2v) is 7.39. The Morgan fingerprint density at radius 3 is 2.00 bits per heavy atom. The van der Waals surface area contributed by atoms with Crippen LogP contribution in [0.25, 0.3) is 0 Å². The van der Waals surface area contributed by atoms with Gasteiger partial charge in [0.05, 0.1) is 0 Å². The fraction of sp³-hybridized carbons (Fsp3) is 0.136. The zero-order valence-corrected chi connectivity index (χ0v) is 15.8. The molecule has 3 atom stereocenters. The Balaban J connectivity index is 1.62. The number of benzene rings is 3. The predicted molar refractivity (Wildman–Crippen MR) is 106 cm³/mol. The summed E-state index contributed by atoms with van der Waals surface area (Å²) >= 11 is -1.95. The van der Waals surface area contributed by atoms with E-state index in [1.165, 1.54) is 4.31 Å². The monoisotopic (exact) mass is 393 g/mol. The van der Waals surface area contributed by atoms with E-state index in [0.29, 0.717) is 0 Å². The summed E-state index contributed by atoms with van der Waals surface area (Å²) in [4.78, 5) is 12.8. The van der Waals surface area contributed by atoms with Crippen molar-refractivity contribution in [1.29, 1.82) is 0 Å². The maximum Gasteiger partial charge on any atom is 0.424 e. The van der Waals surface area contributed by atoms with Crippen LogP contribution in [0.3, 0.4) is 0 Å². The second-order valence-electron chi connectivity index (χ2n) is 6.37. The maximum absolute atomic E-state index is 12.8. The first kappa shape index (κ1) is 18.4. The number of carbonyl (C=O) groups is 1. The van der Waals surface area contributed by atoms with E-state index >= 15 is 0 Å². The Labute approximate surface area is 166 Å². The van der Waals surface area contributed by atoms with Gasteiger partial charge in [0, 0.05) is 0 Å². The first-order valence-corrected chi connectivity index (χ1v) is 9.96. The normalized spacial score (nSPS) is 21.4. The molecular weight excluding hydrogens is 374 g/mol. The Bertz CT molecular complexity index is 950. The summed E-state index contributed by atoms with van der Waals surface area (Å²) in [7, 11) is 0. The lowest BCUT2D eigenvalue weighted by molar-refractivity contribution is 0.107. The summed E-state index contributed by atoms with van der Waals surface area (Å²) in [6, 6.07) is 27.7. The number of carbonyl (C=O) groups excluding carboxylic acids is 1. The minimum absolute atomic E-state index is 0.102. The molecule has 0 aliphatic carbocycles. The first-order valence-electron chi connectivity index (χ1n) is 8.93.